The van der Waals surface area contributed by atoms with Gasteiger partial charge in [0.1, 0.15) is 17.0 Å². The average Bonchev–Trinajstić information content (AvgIpc) is 3.36. The second-order valence-electron chi connectivity index (χ2n) is 7.94. The lowest BCUT2D eigenvalue weighted by Crippen LogP contribution is -2.30. The molecular weight excluding hydrogens is 448 g/mol. The molecule has 0 spiro atoms. The number of aryl methyl sites for hydroxylation is 1. The van der Waals surface area contributed by atoms with Crippen molar-refractivity contribution in [3.63, 3.8) is 0 Å². The Hall–Kier alpha value is -1.99. The van der Waals surface area contributed by atoms with Gasteiger partial charge in [0.05, 0.1) is 5.39 Å². The number of nitrogens with zero attached hydrogens (tertiary/aromatic N) is 3. The van der Waals surface area contributed by atoms with Gasteiger partial charge in [-0.15, -0.1) is 11.3 Å². The number of rotatable bonds is 4. The van der Waals surface area contributed by atoms with Gasteiger partial charge in [0.2, 0.25) is 5.91 Å². The second kappa shape index (κ2) is 8.03. The maximum atomic E-state index is 12.6. The molecule has 1 aliphatic heterocycles. The molecule has 7 heteroatoms. The molecule has 1 aromatic carbocycles. The second-order valence-corrected chi connectivity index (χ2v) is 9.94. The van der Waals surface area contributed by atoms with E-state index in [1.54, 1.807) is 17.7 Å². The SMILES string of the molecule is O=C(CC1CCc2c(sc3ncnc(Nc4cccc(Br)c4)c23)C1)N1CCCC1. The summed E-state index contributed by atoms with van der Waals surface area (Å²) >= 11 is 5.29. The Morgan fingerprint density at radius 1 is 1.28 bits per heavy atom. The first kappa shape index (κ1) is 19.0. The topological polar surface area (TPSA) is 58.1 Å². The van der Waals surface area contributed by atoms with Crippen molar-refractivity contribution in [1.29, 1.82) is 0 Å². The van der Waals surface area contributed by atoms with Gasteiger partial charge in [0.15, 0.2) is 0 Å². The van der Waals surface area contributed by atoms with E-state index in [0.717, 1.165) is 71.4 Å². The van der Waals surface area contributed by atoms with Crippen LogP contribution >= 0.6 is 27.3 Å². The monoisotopic (exact) mass is 470 g/mol. The highest BCUT2D eigenvalue weighted by Gasteiger charge is 2.28. The summed E-state index contributed by atoms with van der Waals surface area (Å²) in [6.07, 6.45) is 7.66. The molecule has 0 saturated carbocycles. The Bertz CT molecular complexity index is 1060. The minimum Gasteiger partial charge on any atom is -0.343 e. The summed E-state index contributed by atoms with van der Waals surface area (Å²) in [4.78, 5) is 26.1. The van der Waals surface area contributed by atoms with Crippen LogP contribution in [0, 0.1) is 5.92 Å². The van der Waals surface area contributed by atoms with Crippen LogP contribution in [0.3, 0.4) is 0 Å². The zero-order valence-electron chi connectivity index (χ0n) is 16.2. The van der Waals surface area contributed by atoms with Gasteiger partial charge in [-0.2, -0.15) is 0 Å². The summed E-state index contributed by atoms with van der Waals surface area (Å²) in [6, 6.07) is 8.11. The highest BCUT2D eigenvalue weighted by Crippen LogP contribution is 2.41. The number of carbonyl (C=O) groups excluding carboxylic acids is 1. The molecule has 1 unspecified atom stereocenters. The molecule has 0 radical (unpaired) electrons. The summed E-state index contributed by atoms with van der Waals surface area (Å²) in [5.74, 6) is 1.66. The van der Waals surface area contributed by atoms with Crippen molar-refractivity contribution < 1.29 is 4.79 Å². The summed E-state index contributed by atoms with van der Waals surface area (Å²) in [5.41, 5.74) is 2.37. The molecular formula is C22H23BrN4OS. The normalized spacial score (nSPS) is 18.8. The Morgan fingerprint density at radius 3 is 2.97 bits per heavy atom. The van der Waals surface area contributed by atoms with Gasteiger partial charge < -0.3 is 10.2 Å². The van der Waals surface area contributed by atoms with E-state index in [2.05, 4.69) is 31.2 Å². The van der Waals surface area contributed by atoms with Crippen LogP contribution in [0.5, 0.6) is 0 Å². The number of hydrogen-bond donors (Lipinski definition) is 1. The van der Waals surface area contributed by atoms with E-state index in [1.165, 1.54) is 10.4 Å². The molecule has 1 N–H and O–H groups in total. The Labute approximate surface area is 182 Å². The highest BCUT2D eigenvalue weighted by molar-refractivity contribution is 9.10. The van der Waals surface area contributed by atoms with Gasteiger partial charge in [-0.1, -0.05) is 22.0 Å². The van der Waals surface area contributed by atoms with Crippen LogP contribution in [0.4, 0.5) is 11.5 Å². The lowest BCUT2D eigenvalue weighted by molar-refractivity contribution is -0.131. The van der Waals surface area contributed by atoms with Crippen LogP contribution < -0.4 is 5.32 Å². The fourth-order valence-electron chi connectivity index (χ4n) is 4.49. The molecule has 29 heavy (non-hydrogen) atoms. The molecule has 1 amide bonds. The minimum atomic E-state index is 0.342. The lowest BCUT2D eigenvalue weighted by atomic mass is 9.85. The van der Waals surface area contributed by atoms with Crippen LogP contribution in [0.2, 0.25) is 0 Å². The number of nitrogens with one attached hydrogen (secondary N) is 1. The van der Waals surface area contributed by atoms with E-state index in [4.69, 9.17) is 0 Å². The Balaban J connectivity index is 1.39. The average molecular weight is 471 g/mol. The standard InChI is InChI=1S/C22H23BrN4OS/c23-15-4-3-5-16(12-15)26-21-20-17-7-6-14(11-19(28)27-8-1-2-9-27)10-18(17)29-22(20)25-13-24-21/h3-5,12-14H,1-2,6-11H2,(H,24,25,26). The van der Waals surface area contributed by atoms with E-state index in [9.17, 15) is 4.79 Å². The zero-order chi connectivity index (χ0) is 19.8. The van der Waals surface area contributed by atoms with Gasteiger partial charge in [0.25, 0.3) is 0 Å². The van der Waals surface area contributed by atoms with Crippen LogP contribution in [-0.2, 0) is 17.6 Å². The van der Waals surface area contributed by atoms with E-state index in [1.807, 2.05) is 29.2 Å². The zero-order valence-corrected chi connectivity index (χ0v) is 18.6. The molecule has 1 aliphatic carbocycles. The van der Waals surface area contributed by atoms with Crippen LogP contribution in [0.15, 0.2) is 35.1 Å². The number of thiophene rings is 1. The van der Waals surface area contributed by atoms with Crippen LogP contribution in [-0.4, -0.2) is 33.9 Å². The first-order chi connectivity index (χ1) is 14.2. The van der Waals surface area contributed by atoms with Crippen molar-refractivity contribution in [3.8, 4) is 0 Å². The molecule has 5 nitrogen and oxygen atoms in total. The van der Waals surface area contributed by atoms with Gasteiger partial charge >= 0.3 is 0 Å². The van der Waals surface area contributed by atoms with Crippen molar-refractivity contribution in [2.24, 2.45) is 5.92 Å². The fraction of sp³-hybridized carbons (Fsp3) is 0.409. The molecule has 2 aromatic heterocycles. The summed E-state index contributed by atoms with van der Waals surface area (Å²) in [5, 5.41) is 4.62. The molecule has 3 heterocycles. The van der Waals surface area contributed by atoms with Crippen molar-refractivity contribution in [3.05, 3.63) is 45.5 Å². The van der Waals surface area contributed by atoms with E-state index in [0.29, 0.717) is 18.2 Å². The summed E-state index contributed by atoms with van der Waals surface area (Å²) < 4.78 is 1.03. The Kier molecular flexibility index (Phi) is 5.26. The highest BCUT2D eigenvalue weighted by atomic mass is 79.9. The first-order valence-electron chi connectivity index (χ1n) is 10.2. The largest absolute Gasteiger partial charge is 0.343 e. The molecule has 1 saturated heterocycles. The fourth-order valence-corrected chi connectivity index (χ4v) is 6.19. The molecule has 150 valence electrons. The number of aromatic nitrogens is 2. The number of likely N-dealkylation sites (tertiary alicyclic amines) is 1. The van der Waals surface area contributed by atoms with Crippen LogP contribution in [0.1, 0.15) is 36.1 Å². The lowest BCUT2D eigenvalue weighted by Gasteiger charge is -2.24. The van der Waals surface area contributed by atoms with Crippen molar-refractivity contribution >= 4 is 54.9 Å². The quantitative estimate of drug-likeness (QED) is 0.560. The number of amides is 1. The number of fused-ring (bicyclic) bond motifs is 3. The summed E-state index contributed by atoms with van der Waals surface area (Å²) in [6.45, 7) is 1.89. The number of benzene rings is 1. The maximum Gasteiger partial charge on any atom is 0.222 e. The molecule has 5 rings (SSSR count). The third-order valence-electron chi connectivity index (χ3n) is 5.96. The number of hydrogen-bond acceptors (Lipinski definition) is 5. The third kappa shape index (κ3) is 3.90. The number of halogens is 1. The van der Waals surface area contributed by atoms with Gasteiger partial charge in [-0.3, -0.25) is 4.79 Å². The third-order valence-corrected chi connectivity index (χ3v) is 7.61. The van der Waals surface area contributed by atoms with E-state index < -0.39 is 0 Å². The molecule has 2 aliphatic rings. The smallest absolute Gasteiger partial charge is 0.222 e. The van der Waals surface area contributed by atoms with Crippen molar-refractivity contribution in [1.82, 2.24) is 14.9 Å². The van der Waals surface area contributed by atoms with Crippen molar-refractivity contribution in [2.45, 2.75) is 38.5 Å². The maximum absolute atomic E-state index is 12.6. The van der Waals surface area contributed by atoms with Gasteiger partial charge in [0, 0.05) is 34.5 Å². The minimum absolute atomic E-state index is 0.342. The molecule has 1 atom stereocenters. The number of carbonyl (C=O) groups is 1. The predicted molar refractivity (Wildman–Crippen MR) is 121 cm³/mol. The molecule has 1 fully saturated rings. The van der Waals surface area contributed by atoms with Crippen molar-refractivity contribution in [2.75, 3.05) is 18.4 Å². The Morgan fingerprint density at radius 2 is 2.14 bits per heavy atom. The molecule has 3 aromatic rings. The first-order valence-corrected chi connectivity index (χ1v) is 11.8. The van der Waals surface area contributed by atoms with E-state index in [-0.39, 0.29) is 0 Å². The molecule has 0 bridgehead atoms. The van der Waals surface area contributed by atoms with Crippen LogP contribution in [0.25, 0.3) is 10.2 Å². The predicted octanol–water partition coefficient (Wildman–Crippen LogP) is 5.31. The van der Waals surface area contributed by atoms with Gasteiger partial charge in [-0.25, -0.2) is 9.97 Å². The van der Waals surface area contributed by atoms with E-state index >= 15 is 0 Å². The number of anilines is 2. The van der Waals surface area contributed by atoms with Gasteiger partial charge in [-0.05, 0) is 61.8 Å². The summed E-state index contributed by atoms with van der Waals surface area (Å²) in [7, 11) is 0.